The summed E-state index contributed by atoms with van der Waals surface area (Å²) in [6.45, 7) is 0.557. The van der Waals surface area contributed by atoms with E-state index in [1.165, 1.54) is 0 Å². The molecule has 2 atom stereocenters. The molecule has 0 aliphatic carbocycles. The third-order valence-electron chi connectivity index (χ3n) is 4.05. The Balaban J connectivity index is 1.60. The Morgan fingerprint density at radius 2 is 1.83 bits per heavy atom. The number of benzene rings is 2. The van der Waals surface area contributed by atoms with Gasteiger partial charge in [-0.2, -0.15) is 0 Å². The molecule has 1 saturated heterocycles. The first-order valence-electron chi connectivity index (χ1n) is 7.84. The van der Waals surface area contributed by atoms with Gasteiger partial charge in [-0.1, -0.05) is 42.5 Å². The van der Waals surface area contributed by atoms with Crippen molar-refractivity contribution < 1.29 is 19.4 Å². The highest BCUT2D eigenvalue weighted by molar-refractivity contribution is 5.80. The molecule has 1 heterocycles. The van der Waals surface area contributed by atoms with E-state index in [1.807, 2.05) is 54.6 Å². The Bertz CT molecular complexity index is 636. The summed E-state index contributed by atoms with van der Waals surface area (Å²) in [6, 6.07) is 17.6. The number of aliphatic hydroxyl groups excluding tert-OH is 1. The Morgan fingerprint density at radius 3 is 2.52 bits per heavy atom. The van der Waals surface area contributed by atoms with Gasteiger partial charge in [0.15, 0.2) is 0 Å². The average molecular weight is 312 g/mol. The molecular weight excluding hydrogens is 292 g/mol. The van der Waals surface area contributed by atoms with Crippen molar-refractivity contribution in [3.63, 3.8) is 0 Å². The molecule has 1 aliphatic heterocycles. The van der Waals surface area contributed by atoms with E-state index in [9.17, 15) is 4.79 Å². The van der Waals surface area contributed by atoms with Gasteiger partial charge in [-0.15, -0.1) is 0 Å². The second kappa shape index (κ2) is 7.29. The third kappa shape index (κ3) is 3.90. The molecule has 1 N–H and O–H groups in total. The van der Waals surface area contributed by atoms with Crippen LogP contribution in [0.4, 0.5) is 0 Å². The van der Waals surface area contributed by atoms with Gasteiger partial charge in [0.2, 0.25) is 0 Å². The minimum atomic E-state index is -0.241. The maximum Gasteiger partial charge on any atom is 0.313 e. The largest absolute Gasteiger partial charge is 0.489 e. The number of carbonyl (C=O) groups is 1. The smallest absolute Gasteiger partial charge is 0.313 e. The van der Waals surface area contributed by atoms with Crippen LogP contribution in [-0.4, -0.2) is 23.8 Å². The molecule has 0 saturated carbocycles. The molecule has 1 unspecified atom stereocenters. The second-order valence-electron chi connectivity index (χ2n) is 5.70. The molecule has 0 radical (unpaired) electrons. The Labute approximate surface area is 135 Å². The average Bonchev–Trinajstić information content (AvgIpc) is 2.95. The minimum absolute atomic E-state index is 0.0386. The summed E-state index contributed by atoms with van der Waals surface area (Å²) in [4.78, 5) is 11.9. The van der Waals surface area contributed by atoms with Crippen LogP contribution in [0.1, 0.15) is 29.9 Å². The van der Waals surface area contributed by atoms with Crippen molar-refractivity contribution >= 4 is 5.97 Å². The summed E-state index contributed by atoms with van der Waals surface area (Å²) in [7, 11) is 0. The first kappa shape index (κ1) is 15.6. The summed E-state index contributed by atoms with van der Waals surface area (Å²) in [5.41, 5.74) is 2.05. The topological polar surface area (TPSA) is 55.8 Å². The first-order valence-corrected chi connectivity index (χ1v) is 7.84. The highest BCUT2D eigenvalue weighted by atomic mass is 16.6. The SMILES string of the molecule is O=C1OC(CCO)C[C@@H]1c1ccc(OCc2ccccc2)cc1. The van der Waals surface area contributed by atoms with Gasteiger partial charge in [0.05, 0.1) is 5.92 Å². The molecule has 0 bridgehead atoms. The van der Waals surface area contributed by atoms with E-state index in [-0.39, 0.29) is 24.6 Å². The fourth-order valence-electron chi connectivity index (χ4n) is 2.78. The summed E-state index contributed by atoms with van der Waals surface area (Å²) in [5.74, 6) is 0.326. The summed E-state index contributed by atoms with van der Waals surface area (Å²) < 4.78 is 11.0. The summed E-state index contributed by atoms with van der Waals surface area (Å²) in [6.07, 6.45) is 0.955. The number of hydrogen-bond acceptors (Lipinski definition) is 4. The van der Waals surface area contributed by atoms with Crippen molar-refractivity contribution in [3.05, 3.63) is 65.7 Å². The van der Waals surface area contributed by atoms with Crippen LogP contribution < -0.4 is 4.74 Å². The maximum absolute atomic E-state index is 11.9. The lowest BCUT2D eigenvalue weighted by Gasteiger charge is -2.09. The van der Waals surface area contributed by atoms with E-state index >= 15 is 0 Å². The highest BCUT2D eigenvalue weighted by Crippen LogP contribution is 2.32. The van der Waals surface area contributed by atoms with Gasteiger partial charge < -0.3 is 14.6 Å². The fraction of sp³-hybridized carbons (Fsp3) is 0.316. The van der Waals surface area contributed by atoms with E-state index in [2.05, 4.69) is 0 Å². The van der Waals surface area contributed by atoms with Crippen LogP contribution in [0.3, 0.4) is 0 Å². The maximum atomic E-state index is 11.9. The molecule has 23 heavy (non-hydrogen) atoms. The molecule has 0 aromatic heterocycles. The van der Waals surface area contributed by atoms with Gasteiger partial charge >= 0.3 is 5.97 Å². The molecule has 4 nitrogen and oxygen atoms in total. The number of carbonyl (C=O) groups excluding carboxylic acids is 1. The van der Waals surface area contributed by atoms with Crippen LogP contribution in [0.2, 0.25) is 0 Å². The normalized spacial score (nSPS) is 20.3. The van der Waals surface area contributed by atoms with Gasteiger partial charge in [0.25, 0.3) is 0 Å². The molecule has 2 aromatic rings. The van der Waals surface area contributed by atoms with Crippen LogP contribution >= 0.6 is 0 Å². The van der Waals surface area contributed by atoms with E-state index in [4.69, 9.17) is 14.6 Å². The van der Waals surface area contributed by atoms with Crippen molar-refractivity contribution in [2.24, 2.45) is 0 Å². The van der Waals surface area contributed by atoms with Crippen LogP contribution in [0, 0.1) is 0 Å². The highest BCUT2D eigenvalue weighted by Gasteiger charge is 2.34. The van der Waals surface area contributed by atoms with Gasteiger partial charge in [0, 0.05) is 19.4 Å². The van der Waals surface area contributed by atoms with Gasteiger partial charge in [0.1, 0.15) is 18.5 Å². The molecule has 4 heteroatoms. The fourth-order valence-corrected chi connectivity index (χ4v) is 2.78. The molecular formula is C19H20O4. The molecule has 0 amide bonds. The number of hydrogen-bond donors (Lipinski definition) is 1. The minimum Gasteiger partial charge on any atom is -0.489 e. The third-order valence-corrected chi connectivity index (χ3v) is 4.05. The van der Waals surface area contributed by atoms with Crippen molar-refractivity contribution in [2.45, 2.75) is 31.5 Å². The van der Waals surface area contributed by atoms with Crippen LogP contribution in [0.5, 0.6) is 5.75 Å². The zero-order valence-corrected chi connectivity index (χ0v) is 12.9. The molecule has 120 valence electrons. The Morgan fingerprint density at radius 1 is 1.09 bits per heavy atom. The zero-order valence-electron chi connectivity index (χ0n) is 12.9. The van der Waals surface area contributed by atoms with Gasteiger partial charge in [-0.3, -0.25) is 4.79 Å². The molecule has 1 fully saturated rings. The predicted molar refractivity (Wildman–Crippen MR) is 86.2 cm³/mol. The number of ether oxygens (including phenoxy) is 2. The van der Waals surface area contributed by atoms with E-state index in [0.29, 0.717) is 19.4 Å². The Hall–Kier alpha value is -2.33. The molecule has 0 spiro atoms. The number of rotatable bonds is 6. The van der Waals surface area contributed by atoms with Crippen molar-refractivity contribution in [1.82, 2.24) is 0 Å². The van der Waals surface area contributed by atoms with E-state index in [1.54, 1.807) is 0 Å². The van der Waals surface area contributed by atoms with Crippen LogP contribution in [-0.2, 0) is 16.1 Å². The summed E-state index contributed by atoms with van der Waals surface area (Å²) >= 11 is 0. The lowest BCUT2D eigenvalue weighted by molar-refractivity contribution is -0.142. The number of esters is 1. The molecule has 1 aliphatic rings. The quantitative estimate of drug-likeness (QED) is 0.833. The standard InChI is InChI=1S/C19H20O4/c20-11-10-17-12-18(19(21)23-17)15-6-8-16(9-7-15)22-13-14-4-2-1-3-5-14/h1-9,17-18,20H,10-13H2/t17?,18-/m1/s1. The van der Waals surface area contributed by atoms with Crippen molar-refractivity contribution in [1.29, 1.82) is 0 Å². The lowest BCUT2D eigenvalue weighted by atomic mass is 9.95. The van der Waals surface area contributed by atoms with Crippen molar-refractivity contribution in [2.75, 3.05) is 6.61 Å². The zero-order chi connectivity index (χ0) is 16.1. The molecule has 2 aromatic carbocycles. The van der Waals surface area contributed by atoms with Crippen LogP contribution in [0.15, 0.2) is 54.6 Å². The lowest BCUT2D eigenvalue weighted by Crippen LogP contribution is -2.08. The molecule has 3 rings (SSSR count). The van der Waals surface area contributed by atoms with Gasteiger partial charge in [-0.05, 0) is 23.3 Å². The second-order valence-corrected chi connectivity index (χ2v) is 5.70. The summed E-state index contributed by atoms with van der Waals surface area (Å²) in [5, 5.41) is 8.95. The van der Waals surface area contributed by atoms with Gasteiger partial charge in [-0.25, -0.2) is 0 Å². The van der Waals surface area contributed by atoms with E-state index in [0.717, 1.165) is 16.9 Å². The van der Waals surface area contributed by atoms with E-state index < -0.39 is 0 Å². The number of cyclic esters (lactones) is 1. The first-order chi connectivity index (χ1) is 11.3. The van der Waals surface area contributed by atoms with Crippen molar-refractivity contribution in [3.8, 4) is 5.75 Å². The van der Waals surface area contributed by atoms with Crippen LogP contribution in [0.25, 0.3) is 0 Å². The predicted octanol–water partition coefficient (Wildman–Crippen LogP) is 3.05. The Kier molecular flexibility index (Phi) is 4.93. The monoisotopic (exact) mass is 312 g/mol. The number of aliphatic hydroxyl groups is 1.